The van der Waals surface area contributed by atoms with Crippen LogP contribution in [0.15, 0.2) is 18.2 Å². The average molecular weight is 334 g/mol. The molecule has 2 rings (SSSR count). The first-order valence-corrected chi connectivity index (χ1v) is 8.04. The van der Waals surface area contributed by atoms with Crippen LogP contribution in [0.2, 0.25) is 0 Å². The highest BCUT2D eigenvalue weighted by atomic mass is 16.5. The van der Waals surface area contributed by atoms with Crippen molar-refractivity contribution in [3.8, 4) is 5.75 Å². The van der Waals surface area contributed by atoms with Crippen molar-refractivity contribution in [2.24, 2.45) is 0 Å². The third-order valence-corrected chi connectivity index (χ3v) is 3.51. The fourth-order valence-electron chi connectivity index (χ4n) is 2.26. The maximum atomic E-state index is 12.2. The highest BCUT2D eigenvalue weighted by molar-refractivity contribution is 6.01. The Balaban J connectivity index is 1.77. The zero-order valence-corrected chi connectivity index (χ0v) is 13.7. The van der Waals surface area contributed by atoms with Crippen molar-refractivity contribution in [2.45, 2.75) is 26.2 Å². The lowest BCUT2D eigenvalue weighted by Gasteiger charge is -2.18. The Labute approximate surface area is 140 Å². The van der Waals surface area contributed by atoms with E-state index in [1.54, 1.807) is 18.2 Å². The summed E-state index contributed by atoms with van der Waals surface area (Å²) in [5, 5.41) is 5.41. The Bertz CT molecular complexity index is 615. The smallest absolute Gasteiger partial charge is 0.262 e. The van der Waals surface area contributed by atoms with E-state index in [2.05, 4.69) is 10.6 Å². The second kappa shape index (κ2) is 9.02. The number of carbonyl (C=O) groups is 3. The van der Waals surface area contributed by atoms with E-state index in [1.807, 2.05) is 6.92 Å². The minimum absolute atomic E-state index is 0.0240. The van der Waals surface area contributed by atoms with Crippen LogP contribution >= 0.6 is 0 Å². The number of hydrogen-bond donors (Lipinski definition) is 2. The van der Waals surface area contributed by atoms with E-state index in [0.717, 1.165) is 6.42 Å². The lowest BCUT2D eigenvalue weighted by molar-refractivity contribution is -0.121. The van der Waals surface area contributed by atoms with Crippen LogP contribution in [-0.2, 0) is 14.3 Å². The van der Waals surface area contributed by atoms with Gasteiger partial charge in [0.1, 0.15) is 5.75 Å². The van der Waals surface area contributed by atoms with Gasteiger partial charge in [0.15, 0.2) is 12.4 Å². The zero-order chi connectivity index (χ0) is 17.4. The molecule has 1 heterocycles. The summed E-state index contributed by atoms with van der Waals surface area (Å²) in [6, 6.07) is 4.86. The third kappa shape index (κ3) is 5.34. The number of hydrogen-bond acceptors (Lipinski definition) is 5. The van der Waals surface area contributed by atoms with Gasteiger partial charge < -0.3 is 20.1 Å². The molecular formula is C17H22N2O5. The number of anilines is 1. The highest BCUT2D eigenvalue weighted by Crippen LogP contribution is 2.28. The van der Waals surface area contributed by atoms with Crippen molar-refractivity contribution in [2.75, 3.05) is 31.7 Å². The highest BCUT2D eigenvalue weighted by Gasteiger charge is 2.18. The van der Waals surface area contributed by atoms with E-state index < -0.39 is 0 Å². The summed E-state index contributed by atoms with van der Waals surface area (Å²) in [7, 11) is 0. The summed E-state index contributed by atoms with van der Waals surface area (Å²) in [6.45, 7) is 3.70. The van der Waals surface area contributed by atoms with Crippen LogP contribution in [0.4, 0.5) is 5.69 Å². The fraction of sp³-hybridized carbons (Fsp3) is 0.471. The van der Waals surface area contributed by atoms with E-state index in [1.165, 1.54) is 0 Å². The first kappa shape index (κ1) is 17.9. The average Bonchev–Trinajstić information content (AvgIpc) is 2.58. The van der Waals surface area contributed by atoms with Gasteiger partial charge in [-0.15, -0.1) is 0 Å². The molecule has 1 aliphatic heterocycles. The first-order valence-electron chi connectivity index (χ1n) is 8.04. The van der Waals surface area contributed by atoms with Crippen LogP contribution < -0.4 is 15.4 Å². The van der Waals surface area contributed by atoms with Gasteiger partial charge in [0.2, 0.25) is 5.91 Å². The fourth-order valence-corrected chi connectivity index (χ4v) is 2.26. The summed E-state index contributed by atoms with van der Waals surface area (Å²) >= 11 is 0. The molecule has 0 spiro atoms. The molecule has 0 atom stereocenters. The van der Waals surface area contributed by atoms with E-state index in [0.29, 0.717) is 36.8 Å². The predicted octanol–water partition coefficient (Wildman–Crippen LogP) is 1.52. The van der Waals surface area contributed by atoms with E-state index in [-0.39, 0.29) is 37.0 Å². The van der Waals surface area contributed by atoms with Crippen molar-refractivity contribution < 1.29 is 23.9 Å². The largest absolute Gasteiger partial charge is 0.482 e. The molecule has 0 radical (unpaired) electrons. The van der Waals surface area contributed by atoms with E-state index in [9.17, 15) is 14.4 Å². The van der Waals surface area contributed by atoms with Crippen molar-refractivity contribution in [1.82, 2.24) is 5.32 Å². The van der Waals surface area contributed by atoms with Crippen LogP contribution in [0.1, 0.15) is 36.5 Å². The molecule has 0 fully saturated rings. The number of fused-ring (bicyclic) bond motifs is 1. The van der Waals surface area contributed by atoms with Gasteiger partial charge in [-0.2, -0.15) is 0 Å². The molecule has 0 unspecified atom stereocenters. The van der Waals surface area contributed by atoms with Gasteiger partial charge in [0.25, 0.3) is 5.91 Å². The first-order chi connectivity index (χ1) is 11.6. The third-order valence-electron chi connectivity index (χ3n) is 3.51. The van der Waals surface area contributed by atoms with E-state index >= 15 is 0 Å². The number of ketones is 1. The van der Waals surface area contributed by atoms with E-state index in [4.69, 9.17) is 9.47 Å². The minimum atomic E-state index is -0.251. The van der Waals surface area contributed by atoms with Crippen LogP contribution in [-0.4, -0.2) is 44.0 Å². The maximum Gasteiger partial charge on any atom is 0.262 e. The molecule has 2 N–H and O–H groups in total. The van der Waals surface area contributed by atoms with Crippen LogP contribution in [0, 0.1) is 0 Å². The molecule has 0 bridgehead atoms. The zero-order valence-electron chi connectivity index (χ0n) is 13.7. The number of benzene rings is 1. The molecule has 0 saturated heterocycles. The SMILES string of the molecule is CCOCCCNC(=O)CCC(=O)c1ccc2c(c1)NC(=O)CO2. The topological polar surface area (TPSA) is 93.7 Å². The van der Waals surface area contributed by atoms with Crippen molar-refractivity contribution in [1.29, 1.82) is 0 Å². The van der Waals surface area contributed by atoms with Gasteiger partial charge in [0.05, 0.1) is 5.69 Å². The molecule has 0 aromatic heterocycles. The quantitative estimate of drug-likeness (QED) is 0.527. The normalized spacial score (nSPS) is 12.8. The Kier molecular flexibility index (Phi) is 6.74. The Morgan fingerprint density at radius 2 is 2.17 bits per heavy atom. The molecule has 2 amide bonds. The molecule has 7 heteroatoms. The lowest BCUT2D eigenvalue weighted by Crippen LogP contribution is -2.26. The number of Topliss-reactive ketones (excluding diaryl/α,β-unsaturated/α-hetero) is 1. The second-order valence-corrected chi connectivity index (χ2v) is 5.37. The summed E-state index contributed by atoms with van der Waals surface area (Å²) in [4.78, 5) is 35.2. The van der Waals surface area contributed by atoms with Gasteiger partial charge >= 0.3 is 0 Å². The van der Waals surface area contributed by atoms with Gasteiger partial charge in [-0.05, 0) is 31.5 Å². The standard InChI is InChI=1S/C17H22N2O5/c1-2-23-9-3-8-18-16(21)7-5-14(20)12-4-6-15-13(10-12)19-17(22)11-24-15/h4,6,10H,2-3,5,7-9,11H2,1H3,(H,18,21)(H,19,22). The molecule has 0 aliphatic carbocycles. The van der Waals surface area contributed by atoms with Gasteiger partial charge in [0, 0.05) is 38.2 Å². The molecule has 7 nitrogen and oxygen atoms in total. The number of nitrogens with one attached hydrogen (secondary N) is 2. The van der Waals surface area contributed by atoms with Gasteiger partial charge in [-0.3, -0.25) is 14.4 Å². The lowest BCUT2D eigenvalue weighted by atomic mass is 10.0. The molecule has 1 aromatic rings. The molecule has 24 heavy (non-hydrogen) atoms. The summed E-state index contributed by atoms with van der Waals surface area (Å²) < 4.78 is 10.4. The summed E-state index contributed by atoms with van der Waals surface area (Å²) in [6.07, 6.45) is 0.996. The molecule has 130 valence electrons. The van der Waals surface area contributed by atoms with Crippen LogP contribution in [0.3, 0.4) is 0 Å². The summed E-state index contributed by atoms with van der Waals surface area (Å²) in [5.41, 5.74) is 0.932. The van der Waals surface area contributed by atoms with Crippen LogP contribution in [0.5, 0.6) is 5.75 Å². The number of ether oxygens (including phenoxy) is 2. The predicted molar refractivity (Wildman–Crippen MR) is 88.3 cm³/mol. The maximum absolute atomic E-state index is 12.2. The van der Waals surface area contributed by atoms with Crippen LogP contribution in [0.25, 0.3) is 0 Å². The molecule has 1 aliphatic rings. The number of rotatable bonds is 9. The molecule has 0 saturated carbocycles. The second-order valence-electron chi connectivity index (χ2n) is 5.37. The summed E-state index contributed by atoms with van der Waals surface area (Å²) in [5.74, 6) is -0.0201. The monoisotopic (exact) mass is 334 g/mol. The van der Waals surface area contributed by atoms with Crippen molar-refractivity contribution in [3.05, 3.63) is 23.8 Å². The Morgan fingerprint density at radius 1 is 1.33 bits per heavy atom. The van der Waals surface area contributed by atoms with Gasteiger partial charge in [-0.1, -0.05) is 0 Å². The molecule has 1 aromatic carbocycles. The Morgan fingerprint density at radius 3 is 2.96 bits per heavy atom. The Hall–Kier alpha value is -2.41. The van der Waals surface area contributed by atoms with Crippen molar-refractivity contribution in [3.63, 3.8) is 0 Å². The molecular weight excluding hydrogens is 312 g/mol. The number of carbonyl (C=O) groups excluding carboxylic acids is 3. The van der Waals surface area contributed by atoms with Crippen molar-refractivity contribution >= 4 is 23.3 Å². The van der Waals surface area contributed by atoms with Gasteiger partial charge in [-0.25, -0.2) is 0 Å². The number of amides is 2. The minimum Gasteiger partial charge on any atom is -0.482 e.